The largest absolute Gasteiger partial charge is 0.454 e. The second-order valence-electron chi connectivity index (χ2n) is 4.56. The fourth-order valence-electron chi connectivity index (χ4n) is 1.93. The summed E-state index contributed by atoms with van der Waals surface area (Å²) < 4.78 is 11.4. The molecule has 112 valence electrons. The van der Waals surface area contributed by atoms with E-state index >= 15 is 0 Å². The van der Waals surface area contributed by atoms with Crippen molar-refractivity contribution < 1.29 is 14.3 Å². The van der Waals surface area contributed by atoms with Gasteiger partial charge in [-0.15, -0.1) is 0 Å². The van der Waals surface area contributed by atoms with Gasteiger partial charge in [0, 0.05) is 11.3 Å². The lowest BCUT2D eigenvalue weighted by Gasteiger charge is -2.02. The summed E-state index contributed by atoms with van der Waals surface area (Å²) >= 11 is 3.40. The van der Waals surface area contributed by atoms with Crippen molar-refractivity contribution in [2.45, 2.75) is 0 Å². The Morgan fingerprint density at radius 3 is 2.82 bits per heavy atom. The number of ether oxygens (including phenoxy) is 2. The standard InChI is InChI=1S/C15H12BrN3O3/c16-12-5-9(6-13-14(12)22-8-21-13)7-18-19-15(20)10-1-3-11(17)4-2-10/h1-7H,8,17H2,(H,19,20)/b18-7-. The van der Waals surface area contributed by atoms with E-state index in [2.05, 4.69) is 26.5 Å². The number of benzene rings is 2. The summed E-state index contributed by atoms with van der Waals surface area (Å²) in [4.78, 5) is 11.9. The lowest BCUT2D eigenvalue weighted by atomic mass is 10.2. The van der Waals surface area contributed by atoms with E-state index in [0.29, 0.717) is 22.7 Å². The van der Waals surface area contributed by atoms with Crippen LogP contribution < -0.4 is 20.6 Å². The Morgan fingerprint density at radius 2 is 2.05 bits per heavy atom. The van der Waals surface area contributed by atoms with Gasteiger partial charge in [-0.05, 0) is 57.9 Å². The predicted octanol–water partition coefficient (Wildman–Crippen LogP) is 2.52. The highest BCUT2D eigenvalue weighted by molar-refractivity contribution is 9.10. The van der Waals surface area contributed by atoms with Gasteiger partial charge >= 0.3 is 0 Å². The number of carbonyl (C=O) groups excluding carboxylic acids is 1. The number of amides is 1. The molecule has 1 amide bonds. The Hall–Kier alpha value is -2.54. The number of hydrogen-bond donors (Lipinski definition) is 2. The minimum absolute atomic E-state index is 0.197. The number of fused-ring (bicyclic) bond motifs is 1. The summed E-state index contributed by atoms with van der Waals surface area (Å²) in [5.41, 5.74) is 9.89. The van der Waals surface area contributed by atoms with E-state index in [9.17, 15) is 4.79 Å². The molecule has 0 spiro atoms. The molecular formula is C15H12BrN3O3. The molecule has 2 aromatic carbocycles. The number of nitrogens with zero attached hydrogens (tertiary/aromatic N) is 1. The third kappa shape index (κ3) is 3.04. The molecule has 0 aliphatic carbocycles. The van der Waals surface area contributed by atoms with E-state index < -0.39 is 0 Å². The minimum Gasteiger partial charge on any atom is -0.454 e. The minimum atomic E-state index is -0.309. The number of nitrogen functional groups attached to an aromatic ring is 1. The van der Waals surface area contributed by atoms with Crippen LogP contribution in [-0.4, -0.2) is 18.9 Å². The number of halogens is 1. The third-order valence-corrected chi connectivity index (χ3v) is 3.59. The van der Waals surface area contributed by atoms with Crippen LogP contribution in [0.3, 0.4) is 0 Å². The summed E-state index contributed by atoms with van der Waals surface area (Å²) in [7, 11) is 0. The SMILES string of the molecule is Nc1ccc(C(=O)N/N=C\c2cc(Br)c3c(c2)OCO3)cc1. The van der Waals surface area contributed by atoms with Gasteiger partial charge in [0.15, 0.2) is 11.5 Å². The van der Waals surface area contributed by atoms with E-state index in [0.717, 1.165) is 10.0 Å². The van der Waals surface area contributed by atoms with Crippen molar-refractivity contribution in [2.75, 3.05) is 12.5 Å². The van der Waals surface area contributed by atoms with Crippen LogP contribution in [0.1, 0.15) is 15.9 Å². The quantitative estimate of drug-likeness (QED) is 0.499. The maximum atomic E-state index is 11.9. The molecular weight excluding hydrogens is 350 g/mol. The van der Waals surface area contributed by atoms with Crippen molar-refractivity contribution in [3.63, 3.8) is 0 Å². The smallest absolute Gasteiger partial charge is 0.271 e. The molecule has 1 aliphatic rings. The van der Waals surface area contributed by atoms with Crippen LogP contribution in [0.25, 0.3) is 0 Å². The molecule has 3 rings (SSSR count). The molecule has 2 aromatic rings. The van der Waals surface area contributed by atoms with E-state index in [4.69, 9.17) is 15.2 Å². The summed E-state index contributed by atoms with van der Waals surface area (Å²) in [6, 6.07) is 10.2. The van der Waals surface area contributed by atoms with Crippen molar-refractivity contribution in [1.29, 1.82) is 0 Å². The lowest BCUT2D eigenvalue weighted by molar-refractivity contribution is 0.0955. The molecule has 1 heterocycles. The predicted molar refractivity (Wildman–Crippen MR) is 86.2 cm³/mol. The van der Waals surface area contributed by atoms with E-state index in [1.165, 1.54) is 6.21 Å². The molecule has 0 bridgehead atoms. The Bertz CT molecular complexity index is 744. The van der Waals surface area contributed by atoms with Gasteiger partial charge in [-0.25, -0.2) is 5.43 Å². The zero-order valence-corrected chi connectivity index (χ0v) is 13.0. The molecule has 0 fully saturated rings. The van der Waals surface area contributed by atoms with Crippen LogP contribution in [0, 0.1) is 0 Å². The fourth-order valence-corrected chi connectivity index (χ4v) is 2.50. The molecule has 22 heavy (non-hydrogen) atoms. The molecule has 0 saturated carbocycles. The zero-order chi connectivity index (χ0) is 15.5. The normalized spacial score (nSPS) is 12.6. The van der Waals surface area contributed by atoms with Gasteiger partial charge in [-0.2, -0.15) is 5.10 Å². The van der Waals surface area contributed by atoms with Crippen LogP contribution in [0.2, 0.25) is 0 Å². The number of carbonyl (C=O) groups is 1. The van der Waals surface area contributed by atoms with Gasteiger partial charge in [0.1, 0.15) is 0 Å². The number of nitrogens with one attached hydrogen (secondary N) is 1. The van der Waals surface area contributed by atoms with Gasteiger partial charge in [0.05, 0.1) is 10.7 Å². The maximum Gasteiger partial charge on any atom is 0.271 e. The molecule has 0 aromatic heterocycles. The first-order chi connectivity index (χ1) is 10.6. The Balaban J connectivity index is 1.68. The highest BCUT2D eigenvalue weighted by Crippen LogP contribution is 2.39. The van der Waals surface area contributed by atoms with Crippen molar-refractivity contribution in [2.24, 2.45) is 5.10 Å². The van der Waals surface area contributed by atoms with Crippen LogP contribution in [0.5, 0.6) is 11.5 Å². The van der Waals surface area contributed by atoms with Gasteiger partial charge < -0.3 is 15.2 Å². The molecule has 7 heteroatoms. The number of hydrazone groups is 1. The maximum absolute atomic E-state index is 11.9. The second-order valence-corrected chi connectivity index (χ2v) is 5.41. The van der Waals surface area contributed by atoms with Crippen LogP contribution >= 0.6 is 15.9 Å². The monoisotopic (exact) mass is 361 g/mol. The summed E-state index contributed by atoms with van der Waals surface area (Å²) in [5, 5.41) is 3.93. The van der Waals surface area contributed by atoms with Crippen LogP contribution in [0.4, 0.5) is 5.69 Å². The zero-order valence-electron chi connectivity index (χ0n) is 11.4. The third-order valence-electron chi connectivity index (χ3n) is 3.00. The first-order valence-electron chi connectivity index (χ1n) is 6.41. The summed E-state index contributed by atoms with van der Waals surface area (Å²) in [6.45, 7) is 0.197. The first kappa shape index (κ1) is 14.4. The number of nitrogens with two attached hydrogens (primary N) is 1. The molecule has 0 unspecified atom stereocenters. The topological polar surface area (TPSA) is 85.9 Å². The number of hydrogen-bond acceptors (Lipinski definition) is 5. The molecule has 0 saturated heterocycles. The molecule has 0 atom stereocenters. The average Bonchev–Trinajstić information content (AvgIpc) is 2.97. The van der Waals surface area contributed by atoms with E-state index in [1.54, 1.807) is 30.3 Å². The van der Waals surface area contributed by atoms with Gasteiger partial charge in [-0.1, -0.05) is 0 Å². The van der Waals surface area contributed by atoms with Crippen LogP contribution in [0.15, 0.2) is 46.0 Å². The second kappa shape index (κ2) is 6.07. The highest BCUT2D eigenvalue weighted by Gasteiger charge is 2.17. The Kier molecular flexibility index (Phi) is 3.97. The van der Waals surface area contributed by atoms with Crippen molar-refractivity contribution in [3.8, 4) is 11.5 Å². The fraction of sp³-hybridized carbons (Fsp3) is 0.0667. The van der Waals surface area contributed by atoms with Gasteiger partial charge in [0.2, 0.25) is 6.79 Å². The molecule has 6 nitrogen and oxygen atoms in total. The molecule has 0 radical (unpaired) electrons. The van der Waals surface area contributed by atoms with Crippen molar-refractivity contribution >= 4 is 33.7 Å². The first-order valence-corrected chi connectivity index (χ1v) is 7.21. The highest BCUT2D eigenvalue weighted by atomic mass is 79.9. The van der Waals surface area contributed by atoms with E-state index in [-0.39, 0.29) is 12.7 Å². The number of rotatable bonds is 3. The molecule has 1 aliphatic heterocycles. The number of anilines is 1. The van der Waals surface area contributed by atoms with Gasteiger partial charge in [-0.3, -0.25) is 4.79 Å². The van der Waals surface area contributed by atoms with Gasteiger partial charge in [0.25, 0.3) is 5.91 Å². The average molecular weight is 362 g/mol. The summed E-state index contributed by atoms with van der Waals surface area (Å²) in [6.07, 6.45) is 1.53. The van der Waals surface area contributed by atoms with Crippen LogP contribution in [-0.2, 0) is 0 Å². The Morgan fingerprint density at radius 1 is 1.27 bits per heavy atom. The van der Waals surface area contributed by atoms with Crippen molar-refractivity contribution in [3.05, 3.63) is 52.0 Å². The van der Waals surface area contributed by atoms with Crippen molar-refractivity contribution in [1.82, 2.24) is 5.43 Å². The van der Waals surface area contributed by atoms with E-state index in [1.807, 2.05) is 6.07 Å². The lowest BCUT2D eigenvalue weighted by Crippen LogP contribution is -2.17. The Labute approximate surface area is 135 Å². The summed E-state index contributed by atoms with van der Waals surface area (Å²) in [5.74, 6) is 1.000. The molecule has 3 N–H and O–H groups in total.